The van der Waals surface area contributed by atoms with Crippen LogP contribution < -0.4 is 10.5 Å². The number of phenolic OH excluding ortho intramolecular Hbond substituents is 2. The first-order valence-electron chi connectivity index (χ1n) is 12.7. The summed E-state index contributed by atoms with van der Waals surface area (Å²) in [5, 5.41) is 44.8. The van der Waals surface area contributed by atoms with E-state index in [0.717, 1.165) is 6.92 Å². The van der Waals surface area contributed by atoms with E-state index in [-0.39, 0.29) is 34.4 Å². The van der Waals surface area contributed by atoms with Gasteiger partial charge in [-0.25, -0.2) is 0 Å². The Kier molecular flexibility index (Phi) is 6.97. The summed E-state index contributed by atoms with van der Waals surface area (Å²) in [5.74, 6) is -3.50. The largest absolute Gasteiger partial charge is 0.507 e. The van der Waals surface area contributed by atoms with Crippen molar-refractivity contribution < 1.29 is 53.8 Å². The number of aromatic hydroxyl groups is 2. The Morgan fingerprint density at radius 2 is 1.77 bits per heavy atom. The zero-order valence-electron chi connectivity index (χ0n) is 22.3. The van der Waals surface area contributed by atoms with Crippen molar-refractivity contribution in [3.05, 3.63) is 51.6 Å². The fraction of sp³-hybridized carbons (Fsp3) is 0.464. The van der Waals surface area contributed by atoms with Gasteiger partial charge in [-0.1, -0.05) is 12.1 Å². The molecule has 1 saturated heterocycles. The fourth-order valence-electron chi connectivity index (χ4n) is 6.00. The van der Waals surface area contributed by atoms with Gasteiger partial charge in [-0.05, 0) is 19.9 Å². The van der Waals surface area contributed by atoms with Crippen molar-refractivity contribution in [1.82, 2.24) is 0 Å². The Morgan fingerprint density at radius 3 is 2.38 bits per heavy atom. The number of carbonyl (C=O) groups is 3. The highest BCUT2D eigenvalue weighted by atomic mass is 16.7. The van der Waals surface area contributed by atoms with Gasteiger partial charge in [0.05, 0.1) is 36.0 Å². The molecule has 7 atom stereocenters. The zero-order valence-corrected chi connectivity index (χ0v) is 22.3. The quantitative estimate of drug-likeness (QED) is 0.275. The van der Waals surface area contributed by atoms with E-state index in [9.17, 15) is 34.8 Å². The van der Waals surface area contributed by atoms with E-state index >= 15 is 0 Å². The molecule has 40 heavy (non-hydrogen) atoms. The van der Waals surface area contributed by atoms with E-state index in [4.69, 9.17) is 24.7 Å². The number of ketones is 3. The Balaban J connectivity index is 1.74. The number of rotatable bonds is 5. The summed E-state index contributed by atoms with van der Waals surface area (Å²) >= 11 is 0. The minimum atomic E-state index is -2.25. The highest BCUT2D eigenvalue weighted by Crippen LogP contribution is 2.53. The maximum Gasteiger partial charge on any atom is 0.202 e. The van der Waals surface area contributed by atoms with Crippen molar-refractivity contribution in [1.29, 1.82) is 0 Å². The molecule has 4 unspecified atom stereocenters. The maximum atomic E-state index is 13.7. The van der Waals surface area contributed by atoms with Crippen LogP contribution in [-0.4, -0.2) is 88.2 Å². The van der Waals surface area contributed by atoms with Gasteiger partial charge < -0.3 is 45.1 Å². The maximum absolute atomic E-state index is 13.7. The lowest BCUT2D eigenvalue weighted by molar-refractivity contribution is -0.268. The Morgan fingerprint density at radius 1 is 1.10 bits per heavy atom. The van der Waals surface area contributed by atoms with Crippen LogP contribution in [0, 0.1) is 0 Å². The van der Waals surface area contributed by atoms with Crippen LogP contribution in [0.2, 0.25) is 0 Å². The van der Waals surface area contributed by atoms with Crippen LogP contribution in [0.15, 0.2) is 18.2 Å². The normalized spacial score (nSPS) is 31.3. The smallest absolute Gasteiger partial charge is 0.202 e. The first-order chi connectivity index (χ1) is 18.9. The molecule has 2 aliphatic carbocycles. The van der Waals surface area contributed by atoms with Crippen molar-refractivity contribution in [2.24, 2.45) is 5.73 Å². The van der Waals surface area contributed by atoms with Gasteiger partial charge in [0.1, 0.15) is 29.5 Å². The first kappa shape index (κ1) is 28.1. The van der Waals surface area contributed by atoms with Gasteiger partial charge in [0.15, 0.2) is 23.5 Å². The monoisotopic (exact) mass is 557 g/mol. The van der Waals surface area contributed by atoms with Crippen LogP contribution in [0.3, 0.4) is 0 Å². The molecule has 5 rings (SSSR count). The van der Waals surface area contributed by atoms with Gasteiger partial charge in [-0.2, -0.15) is 0 Å². The summed E-state index contributed by atoms with van der Waals surface area (Å²) in [5.41, 5.74) is 2.43. The van der Waals surface area contributed by atoms with Crippen LogP contribution in [0.4, 0.5) is 0 Å². The molecule has 214 valence electrons. The van der Waals surface area contributed by atoms with Crippen molar-refractivity contribution in [2.75, 3.05) is 14.2 Å². The molecule has 0 spiro atoms. The number of hydrogen-bond donors (Lipinski definition) is 5. The van der Waals surface area contributed by atoms with Crippen LogP contribution in [-0.2, 0) is 25.4 Å². The number of fused-ring (bicyclic) bond motifs is 3. The van der Waals surface area contributed by atoms with E-state index in [1.807, 2.05) is 0 Å². The van der Waals surface area contributed by atoms with E-state index < -0.39 is 88.7 Å². The van der Waals surface area contributed by atoms with Crippen molar-refractivity contribution in [3.8, 4) is 17.2 Å². The molecule has 0 aromatic heterocycles. The standard InChI is InChI=1S/C28H31NO11/c1-10-21(31)14(29)8-16(39-10)40-26-18-13(9-28(36,11(2)30)27(26)38-4)23(33)19-20(25(18)35)24(34)17-12(22(19)32)6-5-7-15(17)37-3/h5-7,10,14,16,21,26-27,31,33,35-36H,8-9,29H2,1-4H3/t10?,14?,16?,21?,26-,27+,28-/m1/s1. The molecule has 0 amide bonds. The van der Waals surface area contributed by atoms with E-state index in [1.165, 1.54) is 32.4 Å². The first-order valence-corrected chi connectivity index (χ1v) is 12.7. The lowest BCUT2D eigenvalue weighted by Gasteiger charge is -2.46. The summed E-state index contributed by atoms with van der Waals surface area (Å²) in [6, 6.07) is 3.66. The number of Topliss-reactive ketones (excluding diaryl/α,β-unsaturated/α-hetero) is 1. The molecule has 2 aromatic carbocycles. The number of nitrogens with two attached hydrogens (primary N) is 1. The molecule has 12 nitrogen and oxygen atoms in total. The second-order valence-corrected chi connectivity index (χ2v) is 10.4. The average molecular weight is 558 g/mol. The molecule has 0 bridgehead atoms. The van der Waals surface area contributed by atoms with Gasteiger partial charge in [0.25, 0.3) is 0 Å². The summed E-state index contributed by atoms with van der Waals surface area (Å²) in [4.78, 5) is 40.1. The topological polar surface area (TPSA) is 195 Å². The Bertz CT molecular complexity index is 1410. The predicted octanol–water partition coefficient (Wildman–Crippen LogP) is 0.654. The van der Waals surface area contributed by atoms with Crippen LogP contribution in [0.1, 0.15) is 69.3 Å². The minimum Gasteiger partial charge on any atom is -0.507 e. The number of phenols is 2. The molecular formula is C28H31NO11. The molecule has 1 fully saturated rings. The van der Waals surface area contributed by atoms with Gasteiger partial charge in [0.2, 0.25) is 5.78 Å². The average Bonchev–Trinajstić information content (AvgIpc) is 2.91. The van der Waals surface area contributed by atoms with Crippen molar-refractivity contribution in [3.63, 3.8) is 0 Å². The number of carbonyl (C=O) groups excluding carboxylic acids is 3. The lowest BCUT2D eigenvalue weighted by Crippen LogP contribution is -2.58. The second kappa shape index (κ2) is 9.91. The van der Waals surface area contributed by atoms with Crippen LogP contribution in [0.5, 0.6) is 17.2 Å². The summed E-state index contributed by atoms with van der Waals surface area (Å²) in [6.45, 7) is 2.72. The highest BCUT2D eigenvalue weighted by molar-refractivity contribution is 6.31. The molecule has 2 aromatic rings. The number of aliphatic hydroxyl groups excluding tert-OH is 1. The molecule has 6 N–H and O–H groups in total. The fourth-order valence-corrected chi connectivity index (χ4v) is 6.00. The third-order valence-corrected chi connectivity index (χ3v) is 8.15. The van der Waals surface area contributed by atoms with E-state index in [1.54, 1.807) is 6.92 Å². The molecule has 0 saturated carbocycles. The second-order valence-electron chi connectivity index (χ2n) is 10.4. The molecule has 1 heterocycles. The minimum absolute atomic E-state index is 0.00590. The Labute approximate surface area is 229 Å². The van der Waals surface area contributed by atoms with Crippen molar-refractivity contribution in [2.45, 2.75) is 69.0 Å². The third-order valence-electron chi connectivity index (χ3n) is 8.15. The number of aliphatic hydroxyl groups is 2. The number of methoxy groups -OCH3 is 2. The summed E-state index contributed by atoms with van der Waals surface area (Å²) < 4.78 is 22.7. The van der Waals surface area contributed by atoms with Gasteiger partial charge in [-0.15, -0.1) is 0 Å². The van der Waals surface area contributed by atoms with Gasteiger partial charge >= 0.3 is 0 Å². The van der Waals surface area contributed by atoms with E-state index in [2.05, 4.69) is 0 Å². The third kappa shape index (κ3) is 3.94. The summed E-state index contributed by atoms with van der Waals surface area (Å²) in [6.07, 6.45) is -6.25. The van der Waals surface area contributed by atoms with Crippen LogP contribution in [0.25, 0.3) is 0 Å². The molecule has 0 radical (unpaired) electrons. The predicted molar refractivity (Wildman–Crippen MR) is 137 cm³/mol. The SMILES string of the molecule is COc1cccc2c1C(=O)c1c(O)c3c(c(O)c1C2=O)C[C@@](O)(C(C)=O)[C@@H](OC)[C@@H]3OC1CC(N)C(O)C(C)O1. The van der Waals surface area contributed by atoms with Gasteiger partial charge in [0, 0.05) is 42.7 Å². The highest BCUT2D eigenvalue weighted by Gasteiger charge is 2.55. The number of benzene rings is 2. The molecular weight excluding hydrogens is 526 g/mol. The molecule has 3 aliphatic rings. The van der Waals surface area contributed by atoms with Gasteiger partial charge in [-0.3, -0.25) is 14.4 Å². The Hall–Kier alpha value is -3.39. The molecule has 12 heteroatoms. The van der Waals surface area contributed by atoms with E-state index in [0.29, 0.717) is 0 Å². The zero-order chi connectivity index (χ0) is 29.3. The van der Waals surface area contributed by atoms with Crippen LogP contribution >= 0.6 is 0 Å². The number of hydrogen-bond acceptors (Lipinski definition) is 12. The molecule has 1 aliphatic heterocycles. The summed E-state index contributed by atoms with van der Waals surface area (Å²) in [7, 11) is 2.56. The number of ether oxygens (including phenoxy) is 4. The van der Waals surface area contributed by atoms with Crippen molar-refractivity contribution >= 4 is 17.3 Å². The lowest BCUT2D eigenvalue weighted by atomic mass is 9.70.